The molecule has 0 unspecified atom stereocenters. The van der Waals surface area contributed by atoms with E-state index in [2.05, 4.69) is 0 Å². The molecular weight excluding hydrogens is 150 g/mol. The second kappa shape index (κ2) is 2.96. The van der Waals surface area contributed by atoms with E-state index < -0.39 is 11.6 Å². The zero-order valence-corrected chi connectivity index (χ0v) is 5.94. The SMILES string of the molecule is C[C](O)c1cc(F)ccc1F. The lowest BCUT2D eigenvalue weighted by Gasteiger charge is -2.03. The zero-order chi connectivity index (χ0) is 8.43. The fourth-order valence-electron chi connectivity index (χ4n) is 0.775. The molecule has 0 fully saturated rings. The maximum absolute atomic E-state index is 12.7. The first-order valence-electron chi connectivity index (χ1n) is 3.09. The van der Waals surface area contributed by atoms with Crippen molar-refractivity contribution < 1.29 is 13.9 Å². The lowest BCUT2D eigenvalue weighted by Crippen LogP contribution is -1.97. The summed E-state index contributed by atoms with van der Waals surface area (Å²) < 4.78 is 25.1. The molecule has 0 saturated carbocycles. The van der Waals surface area contributed by atoms with Gasteiger partial charge in [0.05, 0.1) is 0 Å². The minimum Gasteiger partial charge on any atom is -0.382 e. The minimum atomic E-state index is -0.619. The van der Waals surface area contributed by atoms with Gasteiger partial charge in [-0.05, 0) is 25.1 Å². The van der Waals surface area contributed by atoms with Crippen LogP contribution in [0.2, 0.25) is 0 Å². The third-order valence-electron chi connectivity index (χ3n) is 1.32. The molecule has 1 radical (unpaired) electrons. The van der Waals surface area contributed by atoms with E-state index in [9.17, 15) is 8.78 Å². The highest BCUT2D eigenvalue weighted by molar-refractivity contribution is 5.27. The smallest absolute Gasteiger partial charge is 0.129 e. The summed E-state index contributed by atoms with van der Waals surface area (Å²) in [6.07, 6.45) is -0.220. The van der Waals surface area contributed by atoms with Crippen LogP contribution in [0.25, 0.3) is 0 Å². The summed E-state index contributed by atoms with van der Waals surface area (Å²) in [6, 6.07) is 2.93. The van der Waals surface area contributed by atoms with Crippen LogP contribution in [-0.4, -0.2) is 5.11 Å². The number of rotatable bonds is 1. The fourth-order valence-corrected chi connectivity index (χ4v) is 0.775. The predicted molar refractivity (Wildman–Crippen MR) is 36.3 cm³/mol. The average molecular weight is 157 g/mol. The van der Waals surface area contributed by atoms with Crippen LogP contribution in [0.4, 0.5) is 8.78 Å². The Kier molecular flexibility index (Phi) is 2.19. The first kappa shape index (κ1) is 8.14. The van der Waals surface area contributed by atoms with Gasteiger partial charge in [-0.15, -0.1) is 0 Å². The molecule has 0 aliphatic rings. The van der Waals surface area contributed by atoms with E-state index in [1.807, 2.05) is 0 Å². The third kappa shape index (κ3) is 1.74. The number of hydrogen-bond donors (Lipinski definition) is 1. The van der Waals surface area contributed by atoms with Crippen molar-refractivity contribution in [2.75, 3.05) is 0 Å². The van der Waals surface area contributed by atoms with E-state index in [1.165, 1.54) is 6.92 Å². The van der Waals surface area contributed by atoms with Gasteiger partial charge in [-0.2, -0.15) is 0 Å². The number of hydrogen-bond acceptors (Lipinski definition) is 1. The van der Waals surface area contributed by atoms with Crippen LogP contribution in [0.15, 0.2) is 18.2 Å². The normalized spacial score (nSPS) is 10.6. The number of aliphatic hydroxyl groups excluding tert-OH is 1. The van der Waals surface area contributed by atoms with Crippen LogP contribution in [-0.2, 0) is 0 Å². The zero-order valence-electron chi connectivity index (χ0n) is 5.94. The fraction of sp³-hybridized carbons (Fsp3) is 0.125. The Bertz CT molecular complexity index is 258. The number of halogens is 2. The summed E-state index contributed by atoms with van der Waals surface area (Å²) in [7, 11) is 0. The third-order valence-corrected chi connectivity index (χ3v) is 1.32. The maximum Gasteiger partial charge on any atom is 0.129 e. The molecular formula is C8H7F2O. The Balaban J connectivity index is 3.13. The summed E-state index contributed by atoms with van der Waals surface area (Å²) in [4.78, 5) is 0. The molecule has 0 heterocycles. The molecule has 0 spiro atoms. The predicted octanol–water partition coefficient (Wildman–Crippen LogP) is 2.24. The highest BCUT2D eigenvalue weighted by Gasteiger charge is 2.08. The molecule has 1 nitrogen and oxygen atoms in total. The molecule has 0 bridgehead atoms. The minimum absolute atomic E-state index is 0.0926. The Hall–Kier alpha value is -0.960. The van der Waals surface area contributed by atoms with Crippen molar-refractivity contribution in [1.29, 1.82) is 0 Å². The van der Waals surface area contributed by atoms with Gasteiger partial charge >= 0.3 is 0 Å². The molecule has 3 heteroatoms. The summed E-state index contributed by atoms with van der Waals surface area (Å²) in [6.45, 7) is 1.30. The maximum atomic E-state index is 12.7. The van der Waals surface area contributed by atoms with Crippen molar-refractivity contribution in [2.45, 2.75) is 6.92 Å². The van der Waals surface area contributed by atoms with Crippen molar-refractivity contribution in [3.63, 3.8) is 0 Å². The summed E-state index contributed by atoms with van der Waals surface area (Å²) >= 11 is 0. The van der Waals surface area contributed by atoms with E-state index in [0.717, 1.165) is 18.2 Å². The quantitative estimate of drug-likeness (QED) is 0.662. The highest BCUT2D eigenvalue weighted by atomic mass is 19.1. The summed E-state index contributed by atoms with van der Waals surface area (Å²) in [5, 5.41) is 8.84. The molecule has 0 aliphatic carbocycles. The van der Waals surface area contributed by atoms with E-state index in [0.29, 0.717) is 0 Å². The number of benzene rings is 1. The van der Waals surface area contributed by atoms with E-state index in [-0.39, 0.29) is 11.7 Å². The van der Waals surface area contributed by atoms with E-state index in [1.54, 1.807) is 0 Å². The summed E-state index contributed by atoms with van der Waals surface area (Å²) in [5.74, 6) is -1.18. The Morgan fingerprint density at radius 1 is 1.36 bits per heavy atom. The van der Waals surface area contributed by atoms with Gasteiger partial charge in [-0.3, -0.25) is 0 Å². The molecule has 11 heavy (non-hydrogen) atoms. The molecule has 1 aromatic rings. The molecule has 1 N–H and O–H groups in total. The molecule has 59 valence electrons. The number of aliphatic hydroxyl groups is 1. The van der Waals surface area contributed by atoms with Gasteiger partial charge in [0.15, 0.2) is 0 Å². The van der Waals surface area contributed by atoms with Gasteiger partial charge in [0.25, 0.3) is 0 Å². The topological polar surface area (TPSA) is 20.2 Å². The first-order valence-corrected chi connectivity index (χ1v) is 3.09. The molecule has 0 amide bonds. The highest BCUT2D eigenvalue weighted by Crippen LogP contribution is 2.16. The standard InChI is InChI=1S/C8H7F2O/c1-5(11)7-4-6(9)2-3-8(7)10/h2-4,11H,1H3. The Labute approximate surface area is 63.3 Å². The average Bonchev–Trinajstić information content (AvgIpc) is 1.94. The van der Waals surface area contributed by atoms with Crippen LogP contribution in [0.5, 0.6) is 0 Å². The van der Waals surface area contributed by atoms with Gasteiger partial charge in [-0.1, -0.05) is 0 Å². The first-order chi connectivity index (χ1) is 5.11. The van der Waals surface area contributed by atoms with Crippen LogP contribution in [0, 0.1) is 17.7 Å². The van der Waals surface area contributed by atoms with Crippen LogP contribution in [0.3, 0.4) is 0 Å². The van der Waals surface area contributed by atoms with Crippen molar-refractivity contribution >= 4 is 0 Å². The van der Waals surface area contributed by atoms with Gasteiger partial charge < -0.3 is 5.11 Å². The van der Waals surface area contributed by atoms with Crippen LogP contribution < -0.4 is 0 Å². The second-order valence-electron chi connectivity index (χ2n) is 2.21. The van der Waals surface area contributed by atoms with Crippen molar-refractivity contribution in [3.05, 3.63) is 41.5 Å². The van der Waals surface area contributed by atoms with Gasteiger partial charge in [-0.25, -0.2) is 8.78 Å². The van der Waals surface area contributed by atoms with Crippen LogP contribution >= 0.6 is 0 Å². The van der Waals surface area contributed by atoms with Gasteiger partial charge in [0.1, 0.15) is 17.7 Å². The van der Waals surface area contributed by atoms with Gasteiger partial charge in [0, 0.05) is 5.56 Å². The monoisotopic (exact) mass is 157 g/mol. The van der Waals surface area contributed by atoms with Crippen molar-refractivity contribution in [2.24, 2.45) is 0 Å². The largest absolute Gasteiger partial charge is 0.382 e. The lowest BCUT2D eigenvalue weighted by atomic mass is 10.1. The van der Waals surface area contributed by atoms with Crippen molar-refractivity contribution in [3.8, 4) is 0 Å². The molecule has 0 aliphatic heterocycles. The molecule has 0 aromatic heterocycles. The molecule has 0 saturated heterocycles. The lowest BCUT2D eigenvalue weighted by molar-refractivity contribution is 0.333. The van der Waals surface area contributed by atoms with Gasteiger partial charge in [0.2, 0.25) is 0 Å². The molecule has 1 rings (SSSR count). The molecule has 1 aromatic carbocycles. The van der Waals surface area contributed by atoms with E-state index in [4.69, 9.17) is 5.11 Å². The van der Waals surface area contributed by atoms with Crippen LogP contribution in [0.1, 0.15) is 12.5 Å². The Morgan fingerprint density at radius 3 is 2.45 bits per heavy atom. The van der Waals surface area contributed by atoms with Crippen molar-refractivity contribution in [1.82, 2.24) is 0 Å². The second-order valence-corrected chi connectivity index (χ2v) is 2.21. The Morgan fingerprint density at radius 2 is 2.00 bits per heavy atom. The molecule has 0 atom stereocenters. The summed E-state index contributed by atoms with van der Waals surface area (Å²) in [5.41, 5.74) is -0.0926. The van der Waals surface area contributed by atoms with E-state index >= 15 is 0 Å².